The van der Waals surface area contributed by atoms with Crippen LogP contribution in [0, 0.1) is 19.8 Å². The Labute approximate surface area is 188 Å². The van der Waals surface area contributed by atoms with E-state index in [9.17, 15) is 9.90 Å². The minimum Gasteiger partial charge on any atom is -0.481 e. The first kappa shape index (κ1) is 20.9. The van der Waals surface area contributed by atoms with Gasteiger partial charge in [-0.05, 0) is 74.4 Å². The number of aliphatic imine (C=N–C) groups is 1. The Morgan fingerprint density at radius 1 is 1.19 bits per heavy atom. The quantitative estimate of drug-likeness (QED) is 0.761. The van der Waals surface area contributed by atoms with Crippen LogP contribution in [-0.2, 0) is 16.1 Å². The number of piperidine rings is 1. The highest BCUT2D eigenvalue weighted by Gasteiger charge is 2.41. The van der Waals surface area contributed by atoms with Gasteiger partial charge in [0.15, 0.2) is 0 Å². The number of carbonyl (C=O) groups is 1. The highest BCUT2D eigenvalue weighted by molar-refractivity contribution is 6.09. The van der Waals surface area contributed by atoms with E-state index in [1.165, 1.54) is 16.7 Å². The average Bonchev–Trinajstić information content (AvgIpc) is 2.81. The molecule has 2 N–H and O–H groups in total. The number of pyridine rings is 1. The number of rotatable bonds is 3. The van der Waals surface area contributed by atoms with Gasteiger partial charge < -0.3 is 20.1 Å². The van der Waals surface area contributed by atoms with Gasteiger partial charge in [0.1, 0.15) is 11.7 Å². The van der Waals surface area contributed by atoms with Crippen LogP contribution in [0.1, 0.15) is 47.9 Å². The van der Waals surface area contributed by atoms with E-state index in [4.69, 9.17) is 14.7 Å². The zero-order valence-electron chi connectivity index (χ0n) is 18.7. The molecule has 0 saturated carbocycles. The lowest BCUT2D eigenvalue weighted by Gasteiger charge is -2.45. The number of aromatic nitrogens is 1. The van der Waals surface area contributed by atoms with Gasteiger partial charge in [-0.25, -0.2) is 4.98 Å². The molecule has 2 fully saturated rings. The minimum absolute atomic E-state index is 0.160. The van der Waals surface area contributed by atoms with Gasteiger partial charge in [0, 0.05) is 30.5 Å². The van der Waals surface area contributed by atoms with E-state index in [0.717, 1.165) is 55.3 Å². The Bertz CT molecular complexity index is 1050. The molecule has 4 heterocycles. The highest BCUT2D eigenvalue weighted by atomic mass is 16.5. The Hall–Kier alpha value is -2.93. The summed E-state index contributed by atoms with van der Waals surface area (Å²) in [7, 11) is 0. The first-order chi connectivity index (χ1) is 15.4. The number of fused-ring (bicyclic) bond motifs is 1. The monoisotopic (exact) mass is 434 g/mol. The lowest BCUT2D eigenvalue weighted by atomic mass is 9.82. The van der Waals surface area contributed by atoms with Gasteiger partial charge in [-0.3, -0.25) is 9.79 Å². The molecule has 2 saturated heterocycles. The van der Waals surface area contributed by atoms with Gasteiger partial charge in [0.2, 0.25) is 0 Å². The van der Waals surface area contributed by atoms with E-state index in [1.54, 1.807) is 0 Å². The summed E-state index contributed by atoms with van der Waals surface area (Å²) in [6.07, 6.45) is 5.25. The molecule has 7 nitrogen and oxygen atoms in total. The maximum atomic E-state index is 11.2. The van der Waals surface area contributed by atoms with Crippen LogP contribution >= 0.6 is 0 Å². The second kappa shape index (κ2) is 8.20. The molecule has 1 atom stereocenters. The summed E-state index contributed by atoms with van der Waals surface area (Å²) in [6, 6.07) is 8.55. The standard InChI is InChI=1S/C25H30N4O3/c1-16-11-20-14-27-23(28-21(20)12-17(16)2)18-3-4-22(26-13-18)29-9-7-25(8-10-29)6-5-19(15-32-25)24(30)31/h3-4,11-13,19H,5-10,14-15H2,1-2H3,(H,27,28)(H,30,31). The molecular weight excluding hydrogens is 404 g/mol. The summed E-state index contributed by atoms with van der Waals surface area (Å²) in [4.78, 5) is 22.9. The number of carboxylic acid groups (broad SMARTS) is 1. The number of hydrogen-bond acceptors (Lipinski definition) is 6. The molecular formula is C25H30N4O3. The van der Waals surface area contributed by atoms with Crippen LogP contribution in [-0.4, -0.2) is 47.2 Å². The van der Waals surface area contributed by atoms with E-state index >= 15 is 0 Å². The largest absolute Gasteiger partial charge is 0.481 e. The molecule has 1 aromatic heterocycles. The number of benzene rings is 1. The third-order valence-corrected chi connectivity index (χ3v) is 7.29. The zero-order valence-corrected chi connectivity index (χ0v) is 18.7. The molecule has 5 rings (SSSR count). The minimum atomic E-state index is -0.743. The second-order valence-corrected chi connectivity index (χ2v) is 9.34. The zero-order chi connectivity index (χ0) is 22.3. The first-order valence-corrected chi connectivity index (χ1v) is 11.4. The van der Waals surface area contributed by atoms with Crippen molar-refractivity contribution < 1.29 is 14.6 Å². The lowest BCUT2D eigenvalue weighted by molar-refractivity contribution is -0.158. The molecule has 1 unspecified atom stereocenters. The maximum absolute atomic E-state index is 11.2. The highest BCUT2D eigenvalue weighted by Crippen LogP contribution is 2.37. The third kappa shape index (κ3) is 3.97. The van der Waals surface area contributed by atoms with Gasteiger partial charge in [-0.15, -0.1) is 0 Å². The van der Waals surface area contributed by atoms with E-state index in [-0.39, 0.29) is 11.5 Å². The van der Waals surface area contributed by atoms with Crippen LogP contribution in [0.15, 0.2) is 35.5 Å². The molecule has 3 aliphatic heterocycles. The normalized spacial score (nSPS) is 22.1. The van der Waals surface area contributed by atoms with Crippen LogP contribution in [0.3, 0.4) is 0 Å². The number of amidine groups is 1. The molecule has 3 aliphatic rings. The van der Waals surface area contributed by atoms with Crippen molar-refractivity contribution in [1.82, 2.24) is 4.98 Å². The van der Waals surface area contributed by atoms with Crippen molar-refractivity contribution >= 4 is 23.3 Å². The summed E-state index contributed by atoms with van der Waals surface area (Å²) in [6.45, 7) is 7.01. The number of aryl methyl sites for hydroxylation is 2. The Morgan fingerprint density at radius 2 is 1.97 bits per heavy atom. The van der Waals surface area contributed by atoms with E-state index in [2.05, 4.69) is 48.3 Å². The number of anilines is 2. The fourth-order valence-corrected chi connectivity index (χ4v) is 4.93. The summed E-state index contributed by atoms with van der Waals surface area (Å²) < 4.78 is 6.06. The Kier molecular flexibility index (Phi) is 5.37. The van der Waals surface area contributed by atoms with E-state index < -0.39 is 5.97 Å². The Balaban J connectivity index is 1.21. The topological polar surface area (TPSA) is 87.1 Å². The number of aliphatic carboxylic acids is 1. The van der Waals surface area contributed by atoms with Gasteiger partial charge in [0.25, 0.3) is 0 Å². The Morgan fingerprint density at radius 3 is 2.62 bits per heavy atom. The van der Waals surface area contributed by atoms with Gasteiger partial charge in [-0.1, -0.05) is 6.07 Å². The van der Waals surface area contributed by atoms with Gasteiger partial charge >= 0.3 is 5.97 Å². The molecule has 0 bridgehead atoms. The van der Waals surface area contributed by atoms with E-state index in [0.29, 0.717) is 19.6 Å². The molecule has 32 heavy (non-hydrogen) atoms. The SMILES string of the molecule is Cc1cc2c(cc1C)NC(c1ccc(N3CCC4(CCC(C(=O)O)CO4)CC3)nc1)=NC2. The molecule has 2 aromatic rings. The fourth-order valence-electron chi connectivity index (χ4n) is 4.93. The second-order valence-electron chi connectivity index (χ2n) is 9.34. The molecule has 0 radical (unpaired) electrons. The van der Waals surface area contributed by atoms with E-state index in [1.807, 2.05) is 6.20 Å². The van der Waals surface area contributed by atoms with Crippen LogP contribution < -0.4 is 10.2 Å². The smallest absolute Gasteiger partial charge is 0.308 e. The van der Waals surface area contributed by atoms with Crippen LogP contribution in [0.2, 0.25) is 0 Å². The number of carboxylic acids is 1. The summed E-state index contributed by atoms with van der Waals surface area (Å²) in [5.74, 6) is 0.726. The summed E-state index contributed by atoms with van der Waals surface area (Å²) >= 11 is 0. The number of nitrogens with one attached hydrogen (secondary N) is 1. The van der Waals surface area contributed by atoms with Gasteiger partial charge in [0.05, 0.1) is 24.7 Å². The van der Waals surface area contributed by atoms with Crippen molar-refractivity contribution in [3.05, 3.63) is 52.7 Å². The summed E-state index contributed by atoms with van der Waals surface area (Å²) in [5.41, 5.74) is 5.74. The van der Waals surface area contributed by atoms with Crippen LogP contribution in [0.25, 0.3) is 0 Å². The van der Waals surface area contributed by atoms with Crippen molar-refractivity contribution in [3.63, 3.8) is 0 Å². The van der Waals surface area contributed by atoms with Gasteiger partial charge in [-0.2, -0.15) is 0 Å². The molecule has 1 spiro atoms. The van der Waals surface area contributed by atoms with Crippen molar-refractivity contribution in [2.75, 3.05) is 29.9 Å². The molecule has 0 aliphatic carbocycles. The summed E-state index contributed by atoms with van der Waals surface area (Å²) in [5, 5.41) is 12.7. The van der Waals surface area contributed by atoms with Crippen LogP contribution in [0.5, 0.6) is 0 Å². The van der Waals surface area contributed by atoms with Crippen molar-refractivity contribution in [2.45, 2.75) is 51.7 Å². The number of ether oxygens (including phenoxy) is 1. The predicted molar refractivity (Wildman–Crippen MR) is 125 cm³/mol. The fraction of sp³-hybridized carbons (Fsp3) is 0.480. The third-order valence-electron chi connectivity index (χ3n) is 7.29. The number of hydrogen-bond donors (Lipinski definition) is 2. The van der Waals surface area contributed by atoms with Crippen molar-refractivity contribution in [2.24, 2.45) is 10.9 Å². The van der Waals surface area contributed by atoms with Crippen molar-refractivity contribution in [3.8, 4) is 0 Å². The molecule has 1 aromatic carbocycles. The molecule has 0 amide bonds. The van der Waals surface area contributed by atoms with Crippen molar-refractivity contribution in [1.29, 1.82) is 0 Å². The average molecular weight is 435 g/mol. The lowest BCUT2D eigenvalue weighted by Crippen LogP contribution is -2.50. The first-order valence-electron chi connectivity index (χ1n) is 11.4. The molecule has 7 heteroatoms. The maximum Gasteiger partial charge on any atom is 0.308 e. The number of nitrogens with zero attached hydrogens (tertiary/aromatic N) is 3. The van der Waals surface area contributed by atoms with Crippen LogP contribution in [0.4, 0.5) is 11.5 Å². The molecule has 168 valence electrons. The predicted octanol–water partition coefficient (Wildman–Crippen LogP) is 3.92.